The molecule has 0 saturated heterocycles. The second-order valence-corrected chi connectivity index (χ2v) is 4.52. The van der Waals surface area contributed by atoms with E-state index in [4.69, 9.17) is 16.3 Å². The Bertz CT molecular complexity index is 501. The van der Waals surface area contributed by atoms with Gasteiger partial charge in [-0.05, 0) is 12.5 Å². The molecule has 1 unspecified atom stereocenters. The van der Waals surface area contributed by atoms with Gasteiger partial charge in [-0.1, -0.05) is 24.3 Å². The highest BCUT2D eigenvalue weighted by Crippen LogP contribution is 2.28. The van der Waals surface area contributed by atoms with E-state index < -0.39 is 11.9 Å². The Morgan fingerprint density at radius 2 is 2.22 bits per heavy atom. The highest BCUT2D eigenvalue weighted by molar-refractivity contribution is 6.32. The van der Waals surface area contributed by atoms with E-state index in [1.165, 1.54) is 7.11 Å². The molecule has 1 heterocycles. The van der Waals surface area contributed by atoms with Crippen LogP contribution in [-0.4, -0.2) is 30.6 Å². The standard InChI is InChI=1S/C13H14ClNO3/c1-13(18-12(16)17-2)7-9-5-3-4-6-10(9)11(8-14)15-13/h3-6H,7-8H2,1-2H3. The van der Waals surface area contributed by atoms with Crippen LogP contribution in [0.3, 0.4) is 0 Å². The highest BCUT2D eigenvalue weighted by Gasteiger charge is 2.34. The number of methoxy groups -OCH3 is 1. The van der Waals surface area contributed by atoms with E-state index in [2.05, 4.69) is 9.73 Å². The second kappa shape index (κ2) is 4.98. The van der Waals surface area contributed by atoms with E-state index in [9.17, 15) is 4.79 Å². The topological polar surface area (TPSA) is 47.9 Å². The van der Waals surface area contributed by atoms with Gasteiger partial charge in [-0.15, -0.1) is 11.6 Å². The molecule has 18 heavy (non-hydrogen) atoms. The molecule has 0 saturated carbocycles. The molecule has 96 valence electrons. The molecule has 0 fully saturated rings. The number of rotatable bonds is 2. The number of ether oxygens (including phenoxy) is 2. The molecule has 1 aromatic rings. The highest BCUT2D eigenvalue weighted by atomic mass is 35.5. The molecule has 0 aromatic heterocycles. The van der Waals surface area contributed by atoms with Gasteiger partial charge in [0.1, 0.15) is 0 Å². The number of nitrogens with zero attached hydrogens (tertiary/aromatic N) is 1. The van der Waals surface area contributed by atoms with Crippen molar-refractivity contribution in [2.75, 3.05) is 13.0 Å². The Hall–Kier alpha value is -1.55. The van der Waals surface area contributed by atoms with Gasteiger partial charge in [-0.2, -0.15) is 0 Å². The Kier molecular flexibility index (Phi) is 3.57. The summed E-state index contributed by atoms with van der Waals surface area (Å²) >= 11 is 5.90. The van der Waals surface area contributed by atoms with Crippen LogP contribution in [0.4, 0.5) is 4.79 Å². The van der Waals surface area contributed by atoms with Crippen molar-refractivity contribution < 1.29 is 14.3 Å². The number of hydrogen-bond donors (Lipinski definition) is 0. The molecule has 0 N–H and O–H groups in total. The lowest BCUT2D eigenvalue weighted by molar-refractivity contribution is -0.0126. The smallest absolute Gasteiger partial charge is 0.438 e. The van der Waals surface area contributed by atoms with Crippen LogP contribution in [0.1, 0.15) is 18.1 Å². The van der Waals surface area contributed by atoms with Crippen LogP contribution in [0.25, 0.3) is 0 Å². The number of hydrogen-bond acceptors (Lipinski definition) is 4. The van der Waals surface area contributed by atoms with Crippen molar-refractivity contribution in [3.63, 3.8) is 0 Å². The zero-order chi connectivity index (χ0) is 13.2. The molecule has 1 atom stereocenters. The van der Waals surface area contributed by atoms with E-state index in [0.29, 0.717) is 6.42 Å². The molecule has 1 aromatic carbocycles. The molecule has 1 aliphatic rings. The van der Waals surface area contributed by atoms with Crippen molar-refractivity contribution in [1.29, 1.82) is 0 Å². The molecule has 0 spiro atoms. The molecule has 2 rings (SSSR count). The number of fused-ring (bicyclic) bond motifs is 1. The molecule has 1 aliphatic heterocycles. The number of halogens is 1. The first-order valence-corrected chi connectivity index (χ1v) is 6.11. The maximum Gasteiger partial charge on any atom is 0.510 e. The number of carbonyl (C=O) groups excluding carboxylic acids is 1. The fraction of sp³-hybridized carbons (Fsp3) is 0.385. The first kappa shape index (κ1) is 12.9. The van der Waals surface area contributed by atoms with Crippen molar-refractivity contribution in [3.05, 3.63) is 35.4 Å². The Morgan fingerprint density at radius 1 is 1.50 bits per heavy atom. The molecule has 0 bridgehead atoms. The third-order valence-electron chi connectivity index (χ3n) is 2.81. The van der Waals surface area contributed by atoms with Gasteiger partial charge in [0.25, 0.3) is 0 Å². The lowest BCUT2D eigenvalue weighted by atomic mass is 9.93. The van der Waals surface area contributed by atoms with Crippen LogP contribution in [0, 0.1) is 0 Å². The average molecular weight is 268 g/mol. The van der Waals surface area contributed by atoms with Gasteiger partial charge < -0.3 is 9.47 Å². The summed E-state index contributed by atoms with van der Waals surface area (Å²) in [4.78, 5) is 15.7. The number of aliphatic imine (C=N–C) groups is 1. The summed E-state index contributed by atoms with van der Waals surface area (Å²) in [6.07, 6.45) is -0.229. The quantitative estimate of drug-likeness (QED) is 0.611. The lowest BCUT2D eigenvalue weighted by Crippen LogP contribution is -2.37. The lowest BCUT2D eigenvalue weighted by Gasteiger charge is -2.30. The first-order valence-electron chi connectivity index (χ1n) is 5.58. The van der Waals surface area contributed by atoms with Gasteiger partial charge in [0.05, 0.1) is 18.7 Å². The maximum atomic E-state index is 11.2. The summed E-state index contributed by atoms with van der Waals surface area (Å²) in [6.45, 7) is 1.74. The van der Waals surface area contributed by atoms with Crippen molar-refractivity contribution >= 4 is 23.5 Å². The Morgan fingerprint density at radius 3 is 2.89 bits per heavy atom. The predicted molar refractivity (Wildman–Crippen MR) is 69.3 cm³/mol. The first-order chi connectivity index (χ1) is 8.58. The van der Waals surface area contributed by atoms with Crippen LogP contribution in [0.2, 0.25) is 0 Å². The third kappa shape index (κ3) is 2.48. The Balaban J connectivity index is 2.36. The van der Waals surface area contributed by atoms with Gasteiger partial charge in [0.15, 0.2) is 0 Å². The summed E-state index contributed by atoms with van der Waals surface area (Å²) in [5.41, 5.74) is 1.85. The molecular formula is C13H14ClNO3. The van der Waals surface area contributed by atoms with Crippen LogP contribution >= 0.6 is 11.6 Å². The summed E-state index contributed by atoms with van der Waals surface area (Å²) in [5.74, 6) is 0.275. The minimum Gasteiger partial charge on any atom is -0.438 e. The van der Waals surface area contributed by atoms with E-state index in [1.807, 2.05) is 24.3 Å². The number of carbonyl (C=O) groups is 1. The number of alkyl halides is 1. The zero-order valence-corrected chi connectivity index (χ0v) is 11.0. The van der Waals surface area contributed by atoms with E-state index in [-0.39, 0.29) is 5.88 Å². The molecule has 0 aliphatic carbocycles. The summed E-state index contributed by atoms with van der Waals surface area (Å²) in [6, 6.07) is 7.82. The van der Waals surface area contributed by atoms with Gasteiger partial charge in [-0.25, -0.2) is 9.79 Å². The monoisotopic (exact) mass is 267 g/mol. The van der Waals surface area contributed by atoms with Crippen molar-refractivity contribution in [3.8, 4) is 0 Å². The minimum absolute atomic E-state index is 0.275. The predicted octanol–water partition coefficient (Wildman–Crippen LogP) is 2.77. The Labute approximate surface area is 111 Å². The average Bonchev–Trinajstić information content (AvgIpc) is 2.37. The van der Waals surface area contributed by atoms with Gasteiger partial charge >= 0.3 is 6.16 Å². The molecular weight excluding hydrogens is 254 g/mol. The maximum absolute atomic E-state index is 11.2. The van der Waals surface area contributed by atoms with E-state index in [0.717, 1.165) is 16.8 Å². The second-order valence-electron chi connectivity index (χ2n) is 4.26. The largest absolute Gasteiger partial charge is 0.510 e. The third-order valence-corrected chi connectivity index (χ3v) is 3.07. The van der Waals surface area contributed by atoms with Crippen molar-refractivity contribution in [2.24, 2.45) is 4.99 Å². The van der Waals surface area contributed by atoms with Gasteiger partial charge in [0, 0.05) is 12.0 Å². The molecule has 0 amide bonds. The van der Waals surface area contributed by atoms with Crippen LogP contribution < -0.4 is 0 Å². The van der Waals surface area contributed by atoms with Crippen LogP contribution in [0.5, 0.6) is 0 Å². The van der Waals surface area contributed by atoms with E-state index in [1.54, 1.807) is 6.92 Å². The zero-order valence-electron chi connectivity index (χ0n) is 10.3. The minimum atomic E-state index is -0.953. The fourth-order valence-electron chi connectivity index (χ4n) is 2.08. The summed E-state index contributed by atoms with van der Waals surface area (Å²) < 4.78 is 9.72. The normalized spacial score (nSPS) is 21.8. The number of benzene rings is 1. The fourth-order valence-corrected chi connectivity index (χ4v) is 2.28. The van der Waals surface area contributed by atoms with Crippen molar-refractivity contribution in [2.45, 2.75) is 19.1 Å². The molecule has 5 heteroatoms. The molecule has 0 radical (unpaired) electrons. The van der Waals surface area contributed by atoms with Gasteiger partial charge in [-0.3, -0.25) is 0 Å². The molecule has 4 nitrogen and oxygen atoms in total. The summed E-state index contributed by atoms with van der Waals surface area (Å²) in [7, 11) is 1.27. The van der Waals surface area contributed by atoms with Gasteiger partial charge in [0.2, 0.25) is 5.72 Å². The van der Waals surface area contributed by atoms with Crippen LogP contribution in [0.15, 0.2) is 29.3 Å². The van der Waals surface area contributed by atoms with Crippen molar-refractivity contribution in [1.82, 2.24) is 0 Å². The van der Waals surface area contributed by atoms with Crippen LogP contribution in [-0.2, 0) is 15.9 Å². The SMILES string of the molecule is COC(=O)OC1(C)Cc2ccccc2C(CCl)=N1. The van der Waals surface area contributed by atoms with E-state index >= 15 is 0 Å². The summed E-state index contributed by atoms with van der Waals surface area (Å²) in [5, 5.41) is 0.